The van der Waals surface area contributed by atoms with Crippen molar-refractivity contribution >= 4 is 23.3 Å². The maximum absolute atomic E-state index is 5.51. The average Bonchev–Trinajstić information content (AvgIpc) is 2.94. The molecule has 0 bridgehead atoms. The second-order valence-electron chi connectivity index (χ2n) is 6.34. The number of aryl methyl sites for hydroxylation is 1. The largest absolute Gasteiger partial charge is 0.496 e. The predicted molar refractivity (Wildman–Crippen MR) is 101 cm³/mol. The number of nitrogens with one attached hydrogen (secondary N) is 2. The smallest absolute Gasteiger partial charge is 0.122 e. The summed E-state index contributed by atoms with van der Waals surface area (Å²) >= 11 is 0. The molecular weight excluding hydrogens is 320 g/mol. The lowest BCUT2D eigenvalue weighted by Crippen LogP contribution is -2.31. The molecule has 1 unspecified atom stereocenters. The SMILES string of the molecule is COc1ccccc1CC1NCCc2c1[nH]c1ccc(C)cc21.Cl. The third-order valence-electron chi connectivity index (χ3n) is 4.83. The third-order valence-corrected chi connectivity index (χ3v) is 4.83. The lowest BCUT2D eigenvalue weighted by molar-refractivity contribution is 0.403. The fourth-order valence-corrected chi connectivity index (χ4v) is 3.69. The zero-order chi connectivity index (χ0) is 15.8. The van der Waals surface area contributed by atoms with Crippen molar-refractivity contribution in [2.24, 2.45) is 0 Å². The Balaban J connectivity index is 0.00000169. The molecule has 4 rings (SSSR count). The van der Waals surface area contributed by atoms with Gasteiger partial charge in [0.05, 0.1) is 13.2 Å². The van der Waals surface area contributed by atoms with E-state index in [-0.39, 0.29) is 12.4 Å². The van der Waals surface area contributed by atoms with Gasteiger partial charge in [-0.05, 0) is 55.6 Å². The zero-order valence-electron chi connectivity index (χ0n) is 14.1. The van der Waals surface area contributed by atoms with Gasteiger partial charge in [0, 0.05) is 16.6 Å². The number of fused-ring (bicyclic) bond motifs is 3. The van der Waals surface area contributed by atoms with Crippen LogP contribution in [0.2, 0.25) is 0 Å². The number of H-pyrrole nitrogens is 1. The van der Waals surface area contributed by atoms with Crippen molar-refractivity contribution in [1.29, 1.82) is 0 Å². The van der Waals surface area contributed by atoms with E-state index in [0.717, 1.165) is 25.1 Å². The van der Waals surface area contributed by atoms with Gasteiger partial charge in [-0.1, -0.05) is 29.8 Å². The highest BCUT2D eigenvalue weighted by atomic mass is 35.5. The van der Waals surface area contributed by atoms with Crippen molar-refractivity contribution < 1.29 is 4.74 Å². The van der Waals surface area contributed by atoms with Crippen molar-refractivity contribution in [1.82, 2.24) is 10.3 Å². The van der Waals surface area contributed by atoms with Gasteiger partial charge in [0.25, 0.3) is 0 Å². The number of benzene rings is 2. The standard InChI is InChI=1S/C20H22N2O.ClH/c1-13-7-8-17-16(11-13)15-9-10-21-18(20(15)22-17)12-14-5-3-4-6-19(14)23-2;/h3-8,11,18,21-22H,9-10,12H2,1-2H3;1H. The molecule has 126 valence electrons. The molecule has 1 aliphatic rings. The molecule has 1 aromatic heterocycles. The molecule has 0 spiro atoms. The highest BCUT2D eigenvalue weighted by molar-refractivity contribution is 5.86. The van der Waals surface area contributed by atoms with E-state index in [4.69, 9.17) is 4.74 Å². The molecule has 0 aliphatic carbocycles. The third kappa shape index (κ3) is 2.90. The molecule has 24 heavy (non-hydrogen) atoms. The fourth-order valence-electron chi connectivity index (χ4n) is 3.69. The Labute approximate surface area is 148 Å². The summed E-state index contributed by atoms with van der Waals surface area (Å²) in [6.45, 7) is 3.18. The molecule has 0 radical (unpaired) electrons. The lowest BCUT2D eigenvalue weighted by Gasteiger charge is -2.25. The molecule has 2 heterocycles. The number of methoxy groups -OCH3 is 1. The maximum Gasteiger partial charge on any atom is 0.122 e. The van der Waals surface area contributed by atoms with Gasteiger partial charge in [0.15, 0.2) is 0 Å². The topological polar surface area (TPSA) is 37.0 Å². The summed E-state index contributed by atoms with van der Waals surface area (Å²) in [6, 6.07) is 15.3. The number of ether oxygens (including phenoxy) is 1. The van der Waals surface area contributed by atoms with E-state index in [2.05, 4.69) is 47.6 Å². The van der Waals surface area contributed by atoms with Crippen molar-refractivity contribution in [3.63, 3.8) is 0 Å². The molecule has 1 atom stereocenters. The number of aromatic amines is 1. The summed E-state index contributed by atoms with van der Waals surface area (Å²) in [5, 5.41) is 5.04. The Bertz CT molecular complexity index is 856. The van der Waals surface area contributed by atoms with Crippen LogP contribution >= 0.6 is 12.4 Å². The van der Waals surface area contributed by atoms with E-state index in [1.54, 1.807) is 7.11 Å². The highest BCUT2D eigenvalue weighted by Crippen LogP contribution is 2.33. The van der Waals surface area contributed by atoms with Gasteiger partial charge in [0.1, 0.15) is 5.75 Å². The first-order valence-corrected chi connectivity index (χ1v) is 8.22. The number of hydrogen-bond acceptors (Lipinski definition) is 2. The van der Waals surface area contributed by atoms with Crippen LogP contribution in [0.5, 0.6) is 5.75 Å². The van der Waals surface area contributed by atoms with E-state index in [0.29, 0.717) is 6.04 Å². The molecule has 0 saturated carbocycles. The Kier molecular flexibility index (Phi) is 4.83. The fraction of sp³-hybridized carbons (Fsp3) is 0.300. The first kappa shape index (κ1) is 16.9. The minimum absolute atomic E-state index is 0. The van der Waals surface area contributed by atoms with E-state index in [1.165, 1.54) is 33.3 Å². The molecule has 2 N–H and O–H groups in total. The van der Waals surface area contributed by atoms with Crippen molar-refractivity contribution in [3.05, 3.63) is 64.8 Å². The van der Waals surface area contributed by atoms with Gasteiger partial charge in [0.2, 0.25) is 0 Å². The summed E-state index contributed by atoms with van der Waals surface area (Å²) in [5.41, 5.74) is 6.62. The summed E-state index contributed by atoms with van der Waals surface area (Å²) in [5.74, 6) is 0.966. The van der Waals surface area contributed by atoms with Crippen LogP contribution in [0, 0.1) is 6.92 Å². The van der Waals surface area contributed by atoms with E-state index < -0.39 is 0 Å². The van der Waals surface area contributed by atoms with Crippen molar-refractivity contribution in [2.45, 2.75) is 25.8 Å². The molecule has 0 fully saturated rings. The minimum Gasteiger partial charge on any atom is -0.496 e. The molecular formula is C20H23ClN2O. The molecule has 3 nitrogen and oxygen atoms in total. The van der Waals surface area contributed by atoms with Crippen LogP contribution in [-0.2, 0) is 12.8 Å². The van der Waals surface area contributed by atoms with E-state index in [9.17, 15) is 0 Å². The number of rotatable bonds is 3. The number of aromatic nitrogens is 1. The summed E-state index contributed by atoms with van der Waals surface area (Å²) < 4.78 is 5.51. The second-order valence-corrected chi connectivity index (χ2v) is 6.34. The van der Waals surface area contributed by atoms with Crippen LogP contribution in [0.4, 0.5) is 0 Å². The summed E-state index contributed by atoms with van der Waals surface area (Å²) in [6.07, 6.45) is 2.02. The summed E-state index contributed by atoms with van der Waals surface area (Å²) in [4.78, 5) is 3.65. The number of halogens is 1. The summed E-state index contributed by atoms with van der Waals surface area (Å²) in [7, 11) is 1.74. The van der Waals surface area contributed by atoms with Gasteiger partial charge >= 0.3 is 0 Å². The van der Waals surface area contributed by atoms with Gasteiger partial charge in [-0.25, -0.2) is 0 Å². The van der Waals surface area contributed by atoms with Crippen LogP contribution in [0.15, 0.2) is 42.5 Å². The minimum atomic E-state index is 0. The second kappa shape index (κ2) is 6.88. The Morgan fingerprint density at radius 3 is 2.83 bits per heavy atom. The van der Waals surface area contributed by atoms with E-state index >= 15 is 0 Å². The number of para-hydroxylation sites is 1. The first-order chi connectivity index (χ1) is 11.3. The monoisotopic (exact) mass is 342 g/mol. The Morgan fingerprint density at radius 2 is 2.00 bits per heavy atom. The van der Waals surface area contributed by atoms with Gasteiger partial charge in [-0.3, -0.25) is 0 Å². The molecule has 0 amide bonds. The van der Waals surface area contributed by atoms with Gasteiger partial charge < -0.3 is 15.0 Å². The first-order valence-electron chi connectivity index (χ1n) is 8.22. The van der Waals surface area contributed by atoms with Crippen LogP contribution in [-0.4, -0.2) is 18.6 Å². The average molecular weight is 343 g/mol. The van der Waals surface area contributed by atoms with Crippen molar-refractivity contribution in [3.8, 4) is 5.75 Å². The molecule has 2 aromatic carbocycles. The highest BCUT2D eigenvalue weighted by Gasteiger charge is 2.24. The van der Waals surface area contributed by atoms with Gasteiger partial charge in [-0.15, -0.1) is 12.4 Å². The molecule has 0 saturated heterocycles. The van der Waals surface area contributed by atoms with Crippen LogP contribution in [0.1, 0.15) is 28.4 Å². The maximum atomic E-state index is 5.51. The van der Waals surface area contributed by atoms with Crippen molar-refractivity contribution in [2.75, 3.05) is 13.7 Å². The molecule has 1 aliphatic heterocycles. The van der Waals surface area contributed by atoms with E-state index in [1.807, 2.05) is 12.1 Å². The zero-order valence-corrected chi connectivity index (χ0v) is 14.9. The lowest BCUT2D eigenvalue weighted by atomic mass is 9.94. The Morgan fingerprint density at radius 1 is 1.17 bits per heavy atom. The normalized spacial score (nSPS) is 16.5. The Hall–Kier alpha value is -1.97. The number of hydrogen-bond donors (Lipinski definition) is 2. The van der Waals surface area contributed by atoms with Crippen LogP contribution in [0.25, 0.3) is 10.9 Å². The van der Waals surface area contributed by atoms with Crippen LogP contribution in [0.3, 0.4) is 0 Å². The van der Waals surface area contributed by atoms with Crippen LogP contribution < -0.4 is 10.1 Å². The van der Waals surface area contributed by atoms with Gasteiger partial charge in [-0.2, -0.15) is 0 Å². The predicted octanol–water partition coefficient (Wildman–Crippen LogP) is 4.34. The quantitative estimate of drug-likeness (QED) is 0.743. The molecule has 4 heteroatoms. The molecule has 3 aromatic rings.